The van der Waals surface area contributed by atoms with Crippen molar-refractivity contribution in [1.29, 1.82) is 0 Å². The lowest BCUT2D eigenvalue weighted by Gasteiger charge is -2.39. The van der Waals surface area contributed by atoms with Gasteiger partial charge in [0, 0.05) is 23.0 Å². The average molecular weight is 239 g/mol. The Balaban J connectivity index is 2.28. The molecule has 0 spiro atoms. The Kier molecular flexibility index (Phi) is 3.53. The monoisotopic (exact) mass is 238 g/mol. The summed E-state index contributed by atoms with van der Waals surface area (Å²) >= 11 is 6.05. The van der Waals surface area contributed by atoms with Gasteiger partial charge >= 0.3 is 0 Å². The molecule has 0 atom stereocenters. The summed E-state index contributed by atoms with van der Waals surface area (Å²) in [4.78, 5) is 0. The van der Waals surface area contributed by atoms with E-state index < -0.39 is 0 Å². The lowest BCUT2D eigenvalue weighted by molar-refractivity contribution is 0.277. The Labute approximate surface area is 102 Å². The molecular weight excluding hydrogens is 220 g/mol. The second-order valence-corrected chi connectivity index (χ2v) is 5.27. The predicted octanol–water partition coefficient (Wildman–Crippen LogP) is 2.44. The van der Waals surface area contributed by atoms with Crippen molar-refractivity contribution in [3.05, 3.63) is 34.9 Å². The van der Waals surface area contributed by atoms with Gasteiger partial charge in [-0.1, -0.05) is 23.7 Å². The zero-order valence-corrected chi connectivity index (χ0v) is 10.2. The Bertz CT molecular complexity index is 357. The van der Waals surface area contributed by atoms with Crippen molar-refractivity contribution in [2.45, 2.75) is 37.1 Å². The number of hydrogen-bond acceptors (Lipinski definition) is 2. The first-order valence-corrected chi connectivity index (χ1v) is 6.26. The molecule has 16 heavy (non-hydrogen) atoms. The number of hydrogen-bond donors (Lipinski definition) is 2. The number of halogens is 1. The molecular formula is C13H19ClN2. The van der Waals surface area contributed by atoms with Gasteiger partial charge in [0.1, 0.15) is 0 Å². The SMILES string of the molecule is NC[C@]1(c2cccc(Cl)c2)CC[C@H](N)CC1. The van der Waals surface area contributed by atoms with Crippen LogP contribution in [0, 0.1) is 0 Å². The van der Waals surface area contributed by atoms with E-state index in [9.17, 15) is 0 Å². The summed E-state index contributed by atoms with van der Waals surface area (Å²) in [7, 11) is 0. The van der Waals surface area contributed by atoms with Gasteiger partial charge in [0.2, 0.25) is 0 Å². The molecule has 88 valence electrons. The lowest BCUT2D eigenvalue weighted by atomic mass is 9.68. The molecule has 0 radical (unpaired) electrons. The zero-order chi connectivity index (χ0) is 11.6. The second-order valence-electron chi connectivity index (χ2n) is 4.83. The summed E-state index contributed by atoms with van der Waals surface area (Å²) in [5.74, 6) is 0. The fraction of sp³-hybridized carbons (Fsp3) is 0.538. The molecule has 1 fully saturated rings. The molecule has 3 heteroatoms. The van der Waals surface area contributed by atoms with Crippen LogP contribution in [0.1, 0.15) is 31.2 Å². The van der Waals surface area contributed by atoms with Crippen molar-refractivity contribution in [3.8, 4) is 0 Å². The maximum Gasteiger partial charge on any atom is 0.0408 e. The molecule has 0 amide bonds. The van der Waals surface area contributed by atoms with Crippen LogP contribution >= 0.6 is 11.6 Å². The fourth-order valence-corrected chi connectivity index (χ4v) is 2.81. The van der Waals surface area contributed by atoms with Crippen LogP contribution in [0.2, 0.25) is 5.02 Å². The Hall–Kier alpha value is -0.570. The molecule has 1 aromatic rings. The molecule has 0 saturated heterocycles. The van der Waals surface area contributed by atoms with E-state index in [0.29, 0.717) is 12.6 Å². The minimum absolute atomic E-state index is 0.0980. The molecule has 1 aliphatic carbocycles. The first-order valence-electron chi connectivity index (χ1n) is 5.88. The predicted molar refractivity (Wildman–Crippen MR) is 68.6 cm³/mol. The molecule has 1 saturated carbocycles. The lowest BCUT2D eigenvalue weighted by Crippen LogP contribution is -2.42. The minimum atomic E-state index is 0.0980. The highest BCUT2D eigenvalue weighted by atomic mass is 35.5. The Morgan fingerprint density at radius 2 is 2.00 bits per heavy atom. The largest absolute Gasteiger partial charge is 0.330 e. The maximum atomic E-state index is 6.05. The van der Waals surface area contributed by atoms with Gasteiger partial charge in [0.25, 0.3) is 0 Å². The van der Waals surface area contributed by atoms with Gasteiger partial charge in [-0.3, -0.25) is 0 Å². The van der Waals surface area contributed by atoms with Crippen molar-refractivity contribution >= 4 is 11.6 Å². The molecule has 2 rings (SSSR count). The Morgan fingerprint density at radius 3 is 2.56 bits per heavy atom. The summed E-state index contributed by atoms with van der Waals surface area (Å²) in [6.45, 7) is 0.681. The molecule has 0 bridgehead atoms. The van der Waals surface area contributed by atoms with Crippen LogP contribution in [0.4, 0.5) is 0 Å². The standard InChI is InChI=1S/C13H19ClN2/c14-11-3-1-2-10(8-11)13(9-15)6-4-12(16)5-7-13/h1-3,8,12H,4-7,9,15-16H2/t12-,13-. The summed E-state index contributed by atoms with van der Waals surface area (Å²) in [6.07, 6.45) is 4.27. The highest BCUT2D eigenvalue weighted by Crippen LogP contribution is 2.38. The van der Waals surface area contributed by atoms with Crippen LogP contribution in [0.5, 0.6) is 0 Å². The third-order valence-electron chi connectivity index (χ3n) is 3.82. The zero-order valence-electron chi connectivity index (χ0n) is 9.45. The van der Waals surface area contributed by atoms with E-state index in [4.69, 9.17) is 23.1 Å². The third-order valence-corrected chi connectivity index (χ3v) is 4.05. The van der Waals surface area contributed by atoms with Crippen LogP contribution in [0.25, 0.3) is 0 Å². The highest BCUT2D eigenvalue weighted by molar-refractivity contribution is 6.30. The van der Waals surface area contributed by atoms with E-state index >= 15 is 0 Å². The highest BCUT2D eigenvalue weighted by Gasteiger charge is 2.34. The topological polar surface area (TPSA) is 52.0 Å². The van der Waals surface area contributed by atoms with E-state index in [0.717, 1.165) is 30.7 Å². The Morgan fingerprint density at radius 1 is 1.31 bits per heavy atom. The molecule has 1 aromatic carbocycles. The first kappa shape index (κ1) is 11.9. The average Bonchev–Trinajstić information content (AvgIpc) is 2.31. The smallest absolute Gasteiger partial charge is 0.0408 e. The second kappa shape index (κ2) is 4.74. The normalized spacial score (nSPS) is 30.3. The maximum absolute atomic E-state index is 6.05. The molecule has 0 aliphatic heterocycles. The van der Waals surface area contributed by atoms with Crippen LogP contribution < -0.4 is 11.5 Å². The van der Waals surface area contributed by atoms with Gasteiger partial charge in [-0.25, -0.2) is 0 Å². The third kappa shape index (κ3) is 2.24. The fourth-order valence-electron chi connectivity index (χ4n) is 2.62. The molecule has 2 nitrogen and oxygen atoms in total. The van der Waals surface area contributed by atoms with Gasteiger partial charge < -0.3 is 11.5 Å². The van der Waals surface area contributed by atoms with Crippen molar-refractivity contribution in [2.75, 3.05) is 6.54 Å². The molecule has 0 aromatic heterocycles. The van der Waals surface area contributed by atoms with Gasteiger partial charge in [-0.05, 0) is 43.4 Å². The first-order chi connectivity index (χ1) is 7.66. The molecule has 0 heterocycles. The van der Waals surface area contributed by atoms with Gasteiger partial charge in [-0.15, -0.1) is 0 Å². The van der Waals surface area contributed by atoms with Crippen molar-refractivity contribution in [2.24, 2.45) is 11.5 Å². The van der Waals surface area contributed by atoms with E-state index in [1.165, 1.54) is 5.56 Å². The van der Waals surface area contributed by atoms with Crippen molar-refractivity contribution in [1.82, 2.24) is 0 Å². The summed E-state index contributed by atoms with van der Waals surface area (Å²) < 4.78 is 0. The van der Waals surface area contributed by atoms with E-state index in [2.05, 4.69) is 6.07 Å². The van der Waals surface area contributed by atoms with Crippen LogP contribution in [0.3, 0.4) is 0 Å². The van der Waals surface area contributed by atoms with E-state index in [1.54, 1.807) is 0 Å². The number of benzene rings is 1. The van der Waals surface area contributed by atoms with Crippen molar-refractivity contribution in [3.63, 3.8) is 0 Å². The summed E-state index contributed by atoms with van der Waals surface area (Å²) in [5.41, 5.74) is 13.3. The molecule has 0 unspecified atom stereocenters. The number of rotatable bonds is 2. The summed E-state index contributed by atoms with van der Waals surface area (Å²) in [6, 6.07) is 8.44. The van der Waals surface area contributed by atoms with Gasteiger partial charge in [0.15, 0.2) is 0 Å². The van der Waals surface area contributed by atoms with Crippen LogP contribution in [-0.4, -0.2) is 12.6 Å². The quantitative estimate of drug-likeness (QED) is 0.832. The minimum Gasteiger partial charge on any atom is -0.330 e. The van der Waals surface area contributed by atoms with E-state index in [-0.39, 0.29) is 5.41 Å². The van der Waals surface area contributed by atoms with Crippen molar-refractivity contribution < 1.29 is 0 Å². The molecule has 4 N–H and O–H groups in total. The van der Waals surface area contributed by atoms with Crippen LogP contribution in [-0.2, 0) is 5.41 Å². The molecule has 1 aliphatic rings. The van der Waals surface area contributed by atoms with Gasteiger partial charge in [0.05, 0.1) is 0 Å². The van der Waals surface area contributed by atoms with E-state index in [1.807, 2.05) is 18.2 Å². The van der Waals surface area contributed by atoms with Crippen LogP contribution in [0.15, 0.2) is 24.3 Å². The number of nitrogens with two attached hydrogens (primary N) is 2. The van der Waals surface area contributed by atoms with Gasteiger partial charge in [-0.2, -0.15) is 0 Å². The summed E-state index contributed by atoms with van der Waals surface area (Å²) in [5, 5.41) is 0.792.